The summed E-state index contributed by atoms with van der Waals surface area (Å²) in [6, 6.07) is 0. The first kappa shape index (κ1) is 13.1. The van der Waals surface area contributed by atoms with Crippen molar-refractivity contribution in [2.45, 2.75) is 51.4 Å². The Hall–Kier alpha value is -0.870. The van der Waals surface area contributed by atoms with Gasteiger partial charge in [0.25, 0.3) is 0 Å². The molecule has 4 heteroatoms. The van der Waals surface area contributed by atoms with Gasteiger partial charge in [0, 0.05) is 11.0 Å². The van der Waals surface area contributed by atoms with Crippen molar-refractivity contribution < 1.29 is 19.7 Å². The van der Waals surface area contributed by atoms with Crippen molar-refractivity contribution >= 4 is 5.97 Å². The van der Waals surface area contributed by atoms with E-state index in [0.717, 1.165) is 19.3 Å². The van der Waals surface area contributed by atoms with E-state index in [1.807, 2.05) is 6.92 Å². The number of carbonyl (C=O) groups excluding carboxylic acids is 1. The van der Waals surface area contributed by atoms with Crippen molar-refractivity contribution in [1.82, 2.24) is 0 Å². The molecule has 7 atom stereocenters. The fourth-order valence-electron chi connectivity index (χ4n) is 4.67. The van der Waals surface area contributed by atoms with Gasteiger partial charge in [-0.2, -0.15) is 0 Å². The standard InChI is InChI=1S/C15H22O4/c1-7-6-10-12(8(2)14(18)19-10)13(17)15(3)9(7)4-5-11(15)16/h7,9-13,16-17H,2,4-6H2,1,3H3/t7-,9+,10+,11+,12-,13+,15+/m1/s1. The van der Waals surface area contributed by atoms with Crippen LogP contribution in [0.1, 0.15) is 33.1 Å². The van der Waals surface area contributed by atoms with Crippen LogP contribution in [0, 0.1) is 23.2 Å². The minimum absolute atomic E-state index is 0.273. The topological polar surface area (TPSA) is 66.8 Å². The predicted octanol–water partition coefficient (Wildman–Crippen LogP) is 1.26. The van der Waals surface area contributed by atoms with E-state index in [2.05, 4.69) is 13.5 Å². The number of aliphatic hydroxyl groups is 2. The Kier molecular flexibility index (Phi) is 2.81. The van der Waals surface area contributed by atoms with E-state index < -0.39 is 23.6 Å². The van der Waals surface area contributed by atoms with Crippen molar-refractivity contribution in [2.24, 2.45) is 23.2 Å². The fraction of sp³-hybridized carbons (Fsp3) is 0.800. The van der Waals surface area contributed by atoms with Crippen LogP contribution in [0.4, 0.5) is 0 Å². The molecule has 0 radical (unpaired) electrons. The van der Waals surface area contributed by atoms with Gasteiger partial charge in [0.2, 0.25) is 0 Å². The average Bonchev–Trinajstić information content (AvgIpc) is 2.77. The smallest absolute Gasteiger partial charge is 0.334 e. The summed E-state index contributed by atoms with van der Waals surface area (Å²) < 4.78 is 5.36. The lowest BCUT2D eigenvalue weighted by Gasteiger charge is -2.41. The molecule has 0 aromatic heterocycles. The summed E-state index contributed by atoms with van der Waals surface area (Å²) in [6.45, 7) is 7.87. The van der Waals surface area contributed by atoms with Crippen LogP contribution in [0.2, 0.25) is 0 Å². The van der Waals surface area contributed by atoms with E-state index in [1.54, 1.807) is 0 Å². The number of aliphatic hydroxyl groups excluding tert-OH is 2. The molecule has 0 unspecified atom stereocenters. The lowest BCUT2D eigenvalue weighted by Crippen LogP contribution is -2.48. The van der Waals surface area contributed by atoms with Gasteiger partial charge in [-0.1, -0.05) is 20.4 Å². The van der Waals surface area contributed by atoms with Gasteiger partial charge < -0.3 is 14.9 Å². The highest BCUT2D eigenvalue weighted by Crippen LogP contribution is 2.56. The number of hydrogen-bond donors (Lipinski definition) is 2. The fourth-order valence-corrected chi connectivity index (χ4v) is 4.67. The van der Waals surface area contributed by atoms with Crippen molar-refractivity contribution in [2.75, 3.05) is 0 Å². The Morgan fingerprint density at radius 1 is 1.37 bits per heavy atom. The molecule has 1 aliphatic heterocycles. The number of hydrogen-bond acceptors (Lipinski definition) is 4. The van der Waals surface area contributed by atoms with Gasteiger partial charge in [0.15, 0.2) is 0 Å². The number of rotatable bonds is 0. The summed E-state index contributed by atoms with van der Waals surface area (Å²) in [4.78, 5) is 11.7. The highest BCUT2D eigenvalue weighted by Gasteiger charge is 2.60. The summed E-state index contributed by atoms with van der Waals surface area (Å²) in [5.74, 6) is -0.159. The zero-order valence-corrected chi connectivity index (χ0v) is 11.5. The SMILES string of the molecule is C=C1C(=O)O[C@H]2C[C@@H](C)[C@@H]3CC[C@H](O)[C@@]3(C)[C@@H](O)[C@H]12. The zero-order chi connectivity index (χ0) is 13.9. The maximum absolute atomic E-state index is 11.7. The minimum Gasteiger partial charge on any atom is -0.458 e. The first-order valence-corrected chi connectivity index (χ1v) is 7.13. The lowest BCUT2D eigenvalue weighted by molar-refractivity contribution is -0.140. The number of esters is 1. The Labute approximate surface area is 113 Å². The van der Waals surface area contributed by atoms with Crippen molar-refractivity contribution in [1.29, 1.82) is 0 Å². The Morgan fingerprint density at radius 2 is 2.05 bits per heavy atom. The van der Waals surface area contributed by atoms with Gasteiger partial charge in [-0.25, -0.2) is 4.79 Å². The molecule has 1 saturated heterocycles. The zero-order valence-electron chi connectivity index (χ0n) is 11.5. The quantitative estimate of drug-likeness (QED) is 0.512. The maximum Gasteiger partial charge on any atom is 0.334 e. The molecule has 0 amide bonds. The number of fused-ring (bicyclic) bond motifs is 2. The van der Waals surface area contributed by atoms with E-state index >= 15 is 0 Å². The van der Waals surface area contributed by atoms with Crippen LogP contribution in [-0.4, -0.2) is 34.5 Å². The Balaban J connectivity index is 2.04. The molecule has 3 aliphatic rings. The second-order valence-electron chi connectivity index (χ2n) is 6.72. The number of ether oxygens (including phenoxy) is 1. The van der Waals surface area contributed by atoms with Crippen LogP contribution in [-0.2, 0) is 9.53 Å². The van der Waals surface area contributed by atoms with Crippen LogP contribution < -0.4 is 0 Å². The van der Waals surface area contributed by atoms with Crippen molar-refractivity contribution in [3.63, 3.8) is 0 Å². The molecular formula is C15H22O4. The monoisotopic (exact) mass is 266 g/mol. The van der Waals surface area contributed by atoms with E-state index in [9.17, 15) is 15.0 Å². The van der Waals surface area contributed by atoms with Gasteiger partial charge >= 0.3 is 5.97 Å². The summed E-state index contributed by atoms with van der Waals surface area (Å²) in [5, 5.41) is 21.2. The third-order valence-electron chi connectivity index (χ3n) is 5.86. The van der Waals surface area contributed by atoms with E-state index in [1.165, 1.54) is 0 Å². The summed E-state index contributed by atoms with van der Waals surface area (Å²) in [6.07, 6.45) is 0.844. The van der Waals surface area contributed by atoms with Gasteiger partial charge in [-0.15, -0.1) is 0 Å². The second kappa shape index (κ2) is 4.06. The summed E-state index contributed by atoms with van der Waals surface area (Å²) in [5.41, 5.74) is -0.193. The molecule has 2 N–H and O–H groups in total. The summed E-state index contributed by atoms with van der Waals surface area (Å²) in [7, 11) is 0. The first-order chi connectivity index (χ1) is 8.87. The van der Waals surface area contributed by atoms with Crippen molar-refractivity contribution in [3.8, 4) is 0 Å². The largest absolute Gasteiger partial charge is 0.458 e. The summed E-state index contributed by atoms with van der Waals surface area (Å²) >= 11 is 0. The van der Waals surface area contributed by atoms with E-state index in [-0.39, 0.29) is 17.9 Å². The van der Waals surface area contributed by atoms with Crippen LogP contribution in [0.5, 0.6) is 0 Å². The van der Waals surface area contributed by atoms with E-state index in [4.69, 9.17) is 4.74 Å². The highest BCUT2D eigenvalue weighted by atomic mass is 16.6. The molecule has 106 valence electrons. The molecule has 3 rings (SSSR count). The predicted molar refractivity (Wildman–Crippen MR) is 69.1 cm³/mol. The van der Waals surface area contributed by atoms with Crippen LogP contribution in [0.3, 0.4) is 0 Å². The molecule has 0 aromatic rings. The third kappa shape index (κ3) is 1.56. The Morgan fingerprint density at radius 3 is 2.74 bits per heavy atom. The molecule has 0 aromatic carbocycles. The second-order valence-corrected chi connectivity index (χ2v) is 6.72. The molecule has 1 heterocycles. The third-order valence-corrected chi connectivity index (χ3v) is 5.86. The van der Waals surface area contributed by atoms with Gasteiger partial charge in [0.1, 0.15) is 6.10 Å². The van der Waals surface area contributed by atoms with Crippen LogP contribution >= 0.6 is 0 Å². The molecule has 2 saturated carbocycles. The molecule has 0 spiro atoms. The highest BCUT2D eigenvalue weighted by molar-refractivity contribution is 5.91. The van der Waals surface area contributed by atoms with E-state index in [0.29, 0.717) is 11.5 Å². The Bertz CT molecular complexity index is 432. The van der Waals surface area contributed by atoms with Crippen LogP contribution in [0.15, 0.2) is 12.2 Å². The molecule has 4 nitrogen and oxygen atoms in total. The van der Waals surface area contributed by atoms with Gasteiger partial charge in [-0.05, 0) is 31.1 Å². The normalized spacial score (nSPS) is 53.5. The van der Waals surface area contributed by atoms with Gasteiger partial charge in [0.05, 0.1) is 18.1 Å². The van der Waals surface area contributed by atoms with Crippen molar-refractivity contribution in [3.05, 3.63) is 12.2 Å². The molecule has 3 fully saturated rings. The average molecular weight is 266 g/mol. The molecule has 0 bridgehead atoms. The lowest BCUT2D eigenvalue weighted by atomic mass is 9.67. The van der Waals surface area contributed by atoms with Gasteiger partial charge in [-0.3, -0.25) is 0 Å². The maximum atomic E-state index is 11.7. The van der Waals surface area contributed by atoms with Crippen LogP contribution in [0.25, 0.3) is 0 Å². The number of carbonyl (C=O) groups is 1. The molecule has 19 heavy (non-hydrogen) atoms. The molecular weight excluding hydrogens is 244 g/mol. The minimum atomic E-state index is -0.760. The first-order valence-electron chi connectivity index (χ1n) is 7.13. The molecule has 2 aliphatic carbocycles.